The summed E-state index contributed by atoms with van der Waals surface area (Å²) in [6, 6.07) is 0. The molecule has 0 radical (unpaired) electrons. The molecule has 3 heteroatoms. The fourth-order valence-electron chi connectivity index (χ4n) is 1.74. The lowest BCUT2D eigenvalue weighted by molar-refractivity contribution is -0.149. The molecule has 0 spiro atoms. The molecule has 0 fully saturated rings. The molecule has 0 aliphatic rings. The van der Waals surface area contributed by atoms with Crippen LogP contribution in [0.2, 0.25) is 0 Å². The molecule has 0 amide bonds. The topological polar surface area (TPSA) is 43.4 Å². The summed E-state index contributed by atoms with van der Waals surface area (Å²) in [5, 5.41) is 0. The summed E-state index contributed by atoms with van der Waals surface area (Å²) >= 11 is 0. The molecule has 0 rings (SSSR count). The summed E-state index contributed by atoms with van der Waals surface area (Å²) in [7, 11) is 1.32. The van der Waals surface area contributed by atoms with Crippen molar-refractivity contribution in [2.24, 2.45) is 11.8 Å². The van der Waals surface area contributed by atoms with E-state index in [4.69, 9.17) is 0 Å². The van der Waals surface area contributed by atoms with Gasteiger partial charge in [-0.1, -0.05) is 39.5 Å². The first kappa shape index (κ1) is 15.1. The number of esters is 1. The first-order valence-electron chi connectivity index (χ1n) is 6.16. The summed E-state index contributed by atoms with van der Waals surface area (Å²) in [4.78, 5) is 23.0. The van der Waals surface area contributed by atoms with Crippen LogP contribution >= 0.6 is 0 Å². The minimum atomic E-state index is -0.619. The van der Waals surface area contributed by atoms with Crippen LogP contribution in [0.4, 0.5) is 0 Å². The van der Waals surface area contributed by atoms with Gasteiger partial charge in [0.05, 0.1) is 7.11 Å². The quantitative estimate of drug-likeness (QED) is 0.364. The predicted octanol–water partition coefficient (Wildman–Crippen LogP) is 2.97. The lowest BCUT2D eigenvalue weighted by Gasteiger charge is -2.14. The molecule has 0 bridgehead atoms. The van der Waals surface area contributed by atoms with E-state index in [0.29, 0.717) is 0 Å². The van der Waals surface area contributed by atoms with Gasteiger partial charge in [0.15, 0.2) is 0 Å². The Morgan fingerprint density at radius 3 is 2.25 bits per heavy atom. The first-order valence-corrected chi connectivity index (χ1v) is 6.16. The van der Waals surface area contributed by atoms with Gasteiger partial charge in [0.2, 0.25) is 0 Å². The van der Waals surface area contributed by atoms with Gasteiger partial charge in [0, 0.05) is 5.92 Å². The highest BCUT2D eigenvalue weighted by Crippen LogP contribution is 2.16. The average molecular weight is 228 g/mol. The van der Waals surface area contributed by atoms with Crippen molar-refractivity contribution in [3.8, 4) is 0 Å². The molecule has 0 saturated carbocycles. The summed E-state index contributed by atoms with van der Waals surface area (Å²) in [6.07, 6.45) is 5.52. The fourth-order valence-corrected chi connectivity index (χ4v) is 1.74. The van der Waals surface area contributed by atoms with E-state index in [0.717, 1.165) is 12.8 Å². The number of hydrogen-bond donors (Lipinski definition) is 0. The molecule has 0 aromatic rings. The number of carbonyl (C=O) groups is 2. The number of hydrogen-bond acceptors (Lipinski definition) is 3. The smallest absolute Gasteiger partial charge is 0.315 e. The summed E-state index contributed by atoms with van der Waals surface area (Å²) in [5.41, 5.74) is 0. The van der Waals surface area contributed by atoms with Crippen molar-refractivity contribution in [3.05, 3.63) is 0 Å². The molecule has 0 aromatic carbocycles. The summed E-state index contributed by atoms with van der Waals surface area (Å²) < 4.78 is 4.57. The maximum Gasteiger partial charge on any atom is 0.315 e. The van der Waals surface area contributed by atoms with Gasteiger partial charge in [-0.25, -0.2) is 0 Å². The van der Waals surface area contributed by atoms with Crippen molar-refractivity contribution in [2.45, 2.75) is 52.9 Å². The van der Waals surface area contributed by atoms with Crippen LogP contribution in [0, 0.1) is 11.8 Å². The number of unbranched alkanes of at least 4 members (excludes halogenated alkanes) is 3. The standard InChI is InChI=1S/C13H24O3/c1-5-6-7-8-9-10(2)12(14)11(3)13(15)16-4/h10-11H,5-9H2,1-4H3/t10-,11+/m1/s1. The predicted molar refractivity (Wildman–Crippen MR) is 64.1 cm³/mol. The number of carbonyl (C=O) groups excluding carboxylic acids is 2. The third kappa shape index (κ3) is 5.29. The molecular formula is C13H24O3. The largest absolute Gasteiger partial charge is 0.468 e. The zero-order valence-corrected chi connectivity index (χ0v) is 10.9. The van der Waals surface area contributed by atoms with Gasteiger partial charge in [-0.2, -0.15) is 0 Å². The maximum atomic E-state index is 11.8. The van der Waals surface area contributed by atoms with Crippen LogP contribution in [-0.4, -0.2) is 18.9 Å². The van der Waals surface area contributed by atoms with Gasteiger partial charge < -0.3 is 4.74 Å². The average Bonchev–Trinajstić information content (AvgIpc) is 2.31. The van der Waals surface area contributed by atoms with Gasteiger partial charge in [-0.3, -0.25) is 9.59 Å². The van der Waals surface area contributed by atoms with Crippen LogP contribution in [0.25, 0.3) is 0 Å². The van der Waals surface area contributed by atoms with Gasteiger partial charge in [-0.15, -0.1) is 0 Å². The highest BCUT2D eigenvalue weighted by molar-refractivity contribution is 5.99. The molecule has 3 nitrogen and oxygen atoms in total. The Morgan fingerprint density at radius 2 is 1.75 bits per heavy atom. The fraction of sp³-hybridized carbons (Fsp3) is 0.846. The molecule has 0 unspecified atom stereocenters. The zero-order chi connectivity index (χ0) is 12.6. The Balaban J connectivity index is 3.93. The molecule has 0 N–H and O–H groups in total. The Kier molecular flexibility index (Phi) is 7.86. The number of methoxy groups -OCH3 is 1. The number of rotatable bonds is 8. The van der Waals surface area contributed by atoms with Crippen LogP contribution in [0.1, 0.15) is 52.9 Å². The first-order chi connectivity index (χ1) is 7.54. The normalized spacial score (nSPS) is 14.2. The molecule has 16 heavy (non-hydrogen) atoms. The number of ether oxygens (including phenoxy) is 1. The van der Waals surface area contributed by atoms with E-state index in [1.807, 2.05) is 6.92 Å². The van der Waals surface area contributed by atoms with Gasteiger partial charge in [-0.05, 0) is 13.3 Å². The Bertz CT molecular complexity index is 223. The van der Waals surface area contributed by atoms with E-state index < -0.39 is 11.9 Å². The molecule has 0 heterocycles. The van der Waals surface area contributed by atoms with Crippen molar-refractivity contribution in [1.29, 1.82) is 0 Å². The molecule has 0 aliphatic heterocycles. The van der Waals surface area contributed by atoms with Crippen LogP contribution in [0.3, 0.4) is 0 Å². The third-order valence-corrected chi connectivity index (χ3v) is 2.96. The SMILES string of the molecule is CCCCCC[C@@H](C)C(=O)[C@H](C)C(=O)OC. The van der Waals surface area contributed by atoms with Gasteiger partial charge in [0.25, 0.3) is 0 Å². The second-order valence-electron chi connectivity index (χ2n) is 4.40. The van der Waals surface area contributed by atoms with Gasteiger partial charge >= 0.3 is 5.97 Å². The molecule has 0 aliphatic carbocycles. The van der Waals surface area contributed by atoms with Crippen LogP contribution in [-0.2, 0) is 14.3 Å². The Labute approximate surface area is 98.6 Å². The molecular weight excluding hydrogens is 204 g/mol. The van der Waals surface area contributed by atoms with Crippen molar-refractivity contribution >= 4 is 11.8 Å². The molecule has 2 atom stereocenters. The lowest BCUT2D eigenvalue weighted by atomic mass is 9.91. The summed E-state index contributed by atoms with van der Waals surface area (Å²) in [6.45, 7) is 5.68. The van der Waals surface area contributed by atoms with E-state index >= 15 is 0 Å². The minimum absolute atomic E-state index is 0.00310. The van der Waals surface area contributed by atoms with Crippen LogP contribution < -0.4 is 0 Å². The van der Waals surface area contributed by atoms with Crippen LogP contribution in [0.15, 0.2) is 0 Å². The highest BCUT2D eigenvalue weighted by atomic mass is 16.5. The van der Waals surface area contributed by atoms with E-state index in [2.05, 4.69) is 11.7 Å². The Morgan fingerprint density at radius 1 is 1.12 bits per heavy atom. The number of ketones is 1. The zero-order valence-electron chi connectivity index (χ0n) is 10.9. The monoisotopic (exact) mass is 228 g/mol. The van der Waals surface area contributed by atoms with Crippen LogP contribution in [0.5, 0.6) is 0 Å². The second kappa shape index (κ2) is 8.31. The summed E-state index contributed by atoms with van der Waals surface area (Å²) in [5.74, 6) is -1.08. The second-order valence-corrected chi connectivity index (χ2v) is 4.40. The highest BCUT2D eigenvalue weighted by Gasteiger charge is 2.26. The molecule has 0 saturated heterocycles. The van der Waals surface area contributed by atoms with Crippen molar-refractivity contribution < 1.29 is 14.3 Å². The van der Waals surface area contributed by atoms with E-state index in [1.54, 1.807) is 6.92 Å². The van der Waals surface area contributed by atoms with Crippen molar-refractivity contribution in [1.82, 2.24) is 0 Å². The minimum Gasteiger partial charge on any atom is -0.468 e. The molecule has 0 aromatic heterocycles. The van der Waals surface area contributed by atoms with E-state index in [9.17, 15) is 9.59 Å². The Hall–Kier alpha value is -0.860. The maximum absolute atomic E-state index is 11.8. The van der Waals surface area contributed by atoms with E-state index in [1.165, 1.54) is 26.4 Å². The van der Waals surface area contributed by atoms with Crippen molar-refractivity contribution in [2.75, 3.05) is 7.11 Å². The third-order valence-electron chi connectivity index (χ3n) is 2.96. The van der Waals surface area contributed by atoms with Gasteiger partial charge in [0.1, 0.15) is 11.7 Å². The van der Waals surface area contributed by atoms with Crippen molar-refractivity contribution in [3.63, 3.8) is 0 Å². The van der Waals surface area contributed by atoms with E-state index in [-0.39, 0.29) is 11.7 Å². The lowest BCUT2D eigenvalue weighted by Crippen LogP contribution is -2.27. The molecule has 94 valence electrons. The number of Topliss-reactive ketones (excluding diaryl/α,β-unsaturated/α-hetero) is 1.